The van der Waals surface area contributed by atoms with Crippen molar-refractivity contribution in [2.45, 2.75) is 25.7 Å². The molecule has 10 heteroatoms. The topological polar surface area (TPSA) is 137 Å². The van der Waals surface area contributed by atoms with Gasteiger partial charge in [-0.25, -0.2) is 4.57 Å². The maximum absolute atomic E-state index is 12.1. The molecule has 1 atom stereocenters. The monoisotopic (exact) mass is 470 g/mol. The SMILES string of the molecule is C[N+](C)(CCCc1ccc(O)c(O)c1)CCOP(=O)(O)OCCCc1ccc(O)c(O)c1. The minimum atomic E-state index is -4.15. The zero-order chi connectivity index (χ0) is 23.8. The van der Waals surface area contributed by atoms with Crippen LogP contribution in [-0.4, -0.2) is 70.2 Å². The number of rotatable bonds is 13. The van der Waals surface area contributed by atoms with E-state index in [1.54, 1.807) is 18.2 Å². The lowest BCUT2D eigenvalue weighted by Crippen LogP contribution is -2.43. The molecule has 0 radical (unpaired) electrons. The van der Waals surface area contributed by atoms with E-state index >= 15 is 0 Å². The highest BCUT2D eigenvalue weighted by Gasteiger charge is 2.23. The average Bonchev–Trinajstić information content (AvgIpc) is 2.70. The Bertz CT molecular complexity index is 934. The van der Waals surface area contributed by atoms with E-state index in [1.165, 1.54) is 18.2 Å². The van der Waals surface area contributed by atoms with Gasteiger partial charge in [-0.1, -0.05) is 12.1 Å². The maximum atomic E-state index is 12.1. The zero-order valence-electron chi connectivity index (χ0n) is 18.5. The van der Waals surface area contributed by atoms with E-state index in [0.717, 1.165) is 30.5 Å². The van der Waals surface area contributed by atoms with Gasteiger partial charge in [0, 0.05) is 6.42 Å². The molecular formula is C22H33NO8P+. The summed E-state index contributed by atoms with van der Waals surface area (Å²) in [5.74, 6) is -0.678. The van der Waals surface area contributed by atoms with Crippen molar-refractivity contribution in [1.29, 1.82) is 0 Å². The van der Waals surface area contributed by atoms with Crippen LogP contribution < -0.4 is 0 Å². The van der Waals surface area contributed by atoms with E-state index in [9.17, 15) is 29.9 Å². The number of nitrogens with zero attached hydrogens (tertiary/aromatic N) is 1. The number of aryl methyl sites for hydroxylation is 2. The highest BCUT2D eigenvalue weighted by atomic mass is 31.2. The second-order valence-corrected chi connectivity index (χ2v) is 9.82. The van der Waals surface area contributed by atoms with Gasteiger partial charge in [0.05, 0.1) is 27.2 Å². The number of phenolic OH excluding ortho intramolecular Hbond substituents is 4. The first-order chi connectivity index (χ1) is 15.0. The van der Waals surface area contributed by atoms with Crippen LogP contribution in [0.3, 0.4) is 0 Å². The summed E-state index contributed by atoms with van der Waals surface area (Å²) in [7, 11) is -0.164. The second-order valence-electron chi connectivity index (χ2n) is 8.37. The Balaban J connectivity index is 1.64. The van der Waals surface area contributed by atoms with Gasteiger partial charge in [-0.05, 0) is 54.7 Å². The summed E-state index contributed by atoms with van der Waals surface area (Å²) in [6.07, 6.45) is 2.52. The number of phosphoric ester groups is 1. The lowest BCUT2D eigenvalue weighted by Gasteiger charge is -2.30. The Kier molecular flexibility index (Phi) is 9.36. The van der Waals surface area contributed by atoms with E-state index in [0.29, 0.717) is 23.9 Å². The van der Waals surface area contributed by atoms with E-state index in [2.05, 4.69) is 0 Å². The number of likely N-dealkylation sites (N-methyl/N-ethyl adjacent to an activating group) is 1. The number of quaternary nitrogens is 1. The zero-order valence-corrected chi connectivity index (χ0v) is 19.4. The van der Waals surface area contributed by atoms with Gasteiger partial charge in [0.2, 0.25) is 0 Å². The summed E-state index contributed by atoms with van der Waals surface area (Å²) in [5.41, 5.74) is 1.70. The van der Waals surface area contributed by atoms with Crippen molar-refractivity contribution >= 4 is 7.82 Å². The van der Waals surface area contributed by atoms with Gasteiger partial charge in [-0.3, -0.25) is 9.05 Å². The van der Waals surface area contributed by atoms with Crippen LogP contribution in [0.5, 0.6) is 23.0 Å². The van der Waals surface area contributed by atoms with Crippen molar-refractivity contribution in [2.24, 2.45) is 0 Å². The molecule has 0 amide bonds. The third-order valence-corrected chi connectivity index (χ3v) is 6.14. The Labute approximate surface area is 188 Å². The van der Waals surface area contributed by atoms with Crippen LogP contribution in [0.15, 0.2) is 36.4 Å². The molecule has 32 heavy (non-hydrogen) atoms. The van der Waals surface area contributed by atoms with E-state index in [1.807, 2.05) is 14.1 Å². The van der Waals surface area contributed by atoms with Crippen LogP contribution in [0.4, 0.5) is 0 Å². The average molecular weight is 470 g/mol. The maximum Gasteiger partial charge on any atom is 0.472 e. The number of phenols is 4. The second kappa shape index (κ2) is 11.5. The van der Waals surface area contributed by atoms with Crippen molar-refractivity contribution in [3.63, 3.8) is 0 Å². The van der Waals surface area contributed by atoms with Gasteiger partial charge in [0.25, 0.3) is 0 Å². The largest absolute Gasteiger partial charge is 0.504 e. The molecule has 0 spiro atoms. The number of phosphoric acid groups is 1. The summed E-state index contributed by atoms with van der Waals surface area (Å²) in [4.78, 5) is 9.85. The molecule has 0 aliphatic rings. The number of hydrogen-bond donors (Lipinski definition) is 5. The first-order valence-electron chi connectivity index (χ1n) is 10.4. The Morgan fingerprint density at radius 1 is 0.750 bits per heavy atom. The van der Waals surface area contributed by atoms with E-state index in [-0.39, 0.29) is 36.2 Å². The molecule has 178 valence electrons. The molecule has 0 fully saturated rings. The molecule has 0 heterocycles. The molecule has 2 aromatic rings. The van der Waals surface area contributed by atoms with Crippen molar-refractivity contribution in [3.8, 4) is 23.0 Å². The first kappa shape index (κ1) is 26.0. The summed E-state index contributed by atoms with van der Waals surface area (Å²) in [6, 6.07) is 9.26. The number of aromatic hydroxyl groups is 4. The summed E-state index contributed by atoms with van der Waals surface area (Å²) in [6.45, 7) is 1.39. The molecule has 5 N–H and O–H groups in total. The Hall–Kier alpha value is -2.29. The van der Waals surface area contributed by atoms with Crippen LogP contribution in [0.1, 0.15) is 24.0 Å². The van der Waals surface area contributed by atoms with Gasteiger partial charge in [-0.15, -0.1) is 0 Å². The molecular weight excluding hydrogens is 437 g/mol. The van der Waals surface area contributed by atoms with Crippen LogP contribution in [-0.2, 0) is 26.5 Å². The lowest BCUT2D eigenvalue weighted by atomic mass is 10.1. The van der Waals surface area contributed by atoms with Crippen LogP contribution in [0.25, 0.3) is 0 Å². The lowest BCUT2D eigenvalue weighted by molar-refractivity contribution is -0.890. The highest BCUT2D eigenvalue weighted by Crippen LogP contribution is 2.43. The molecule has 0 bridgehead atoms. The normalized spacial score (nSPS) is 13.7. The number of benzene rings is 2. The fourth-order valence-electron chi connectivity index (χ4n) is 3.17. The quantitative estimate of drug-likeness (QED) is 0.130. The van der Waals surface area contributed by atoms with Gasteiger partial charge in [0.15, 0.2) is 23.0 Å². The molecule has 2 aromatic carbocycles. The predicted molar refractivity (Wildman–Crippen MR) is 120 cm³/mol. The first-order valence-corrected chi connectivity index (χ1v) is 11.9. The minimum Gasteiger partial charge on any atom is -0.504 e. The van der Waals surface area contributed by atoms with Crippen molar-refractivity contribution < 1.29 is 43.4 Å². The molecule has 0 aromatic heterocycles. The molecule has 0 aliphatic carbocycles. The summed E-state index contributed by atoms with van der Waals surface area (Å²) >= 11 is 0. The minimum absolute atomic E-state index is 0.0210. The fraction of sp³-hybridized carbons (Fsp3) is 0.455. The van der Waals surface area contributed by atoms with Crippen molar-refractivity contribution in [2.75, 3.05) is 40.4 Å². The highest BCUT2D eigenvalue weighted by molar-refractivity contribution is 7.47. The number of hydrogen-bond acceptors (Lipinski definition) is 7. The van der Waals surface area contributed by atoms with E-state index < -0.39 is 7.82 Å². The molecule has 0 saturated carbocycles. The summed E-state index contributed by atoms with van der Waals surface area (Å²) in [5, 5.41) is 37.7. The van der Waals surface area contributed by atoms with Gasteiger partial charge in [0.1, 0.15) is 13.2 Å². The summed E-state index contributed by atoms with van der Waals surface area (Å²) < 4.78 is 22.7. The molecule has 0 aliphatic heterocycles. The van der Waals surface area contributed by atoms with Gasteiger partial charge in [-0.2, -0.15) is 0 Å². The third kappa shape index (κ3) is 9.06. The van der Waals surface area contributed by atoms with Crippen molar-refractivity contribution in [1.82, 2.24) is 0 Å². The van der Waals surface area contributed by atoms with Crippen LogP contribution in [0.2, 0.25) is 0 Å². The Morgan fingerprint density at radius 2 is 1.25 bits per heavy atom. The molecule has 1 unspecified atom stereocenters. The van der Waals surface area contributed by atoms with E-state index in [4.69, 9.17) is 9.05 Å². The fourth-order valence-corrected chi connectivity index (χ4v) is 3.92. The van der Waals surface area contributed by atoms with Crippen molar-refractivity contribution in [3.05, 3.63) is 47.5 Å². The Morgan fingerprint density at radius 3 is 1.78 bits per heavy atom. The van der Waals surface area contributed by atoms with Gasteiger partial charge < -0.3 is 29.8 Å². The third-order valence-electron chi connectivity index (χ3n) is 5.12. The standard InChI is InChI=1S/C22H32NO8P/c1-23(2,11-3-5-17-7-9-19(24)21(26)15-17)12-14-31-32(28,29)30-13-4-6-18-8-10-20(25)22(27)16-18/h7-10,15-16H,3-6,11-14H2,1-2H3,(H4-,24,25,26,27,28,29)/p+1. The molecule has 9 nitrogen and oxygen atoms in total. The molecule has 0 saturated heterocycles. The van der Waals surface area contributed by atoms with Crippen LogP contribution >= 0.6 is 7.82 Å². The smallest absolute Gasteiger partial charge is 0.472 e. The van der Waals surface area contributed by atoms with Crippen LogP contribution in [0, 0.1) is 0 Å². The predicted octanol–water partition coefficient (Wildman–Crippen LogP) is 3.28. The molecule has 2 rings (SSSR count). The van der Waals surface area contributed by atoms with Gasteiger partial charge >= 0.3 is 7.82 Å².